The van der Waals surface area contributed by atoms with Crippen LogP contribution in [-0.4, -0.2) is 48.0 Å². The number of rotatable bonds is 8. The summed E-state index contributed by atoms with van der Waals surface area (Å²) in [5.41, 5.74) is 0. The topological polar surface area (TPSA) is 76.9 Å². The van der Waals surface area contributed by atoms with Crippen LogP contribution in [0.1, 0.15) is 13.3 Å². The van der Waals surface area contributed by atoms with E-state index in [-0.39, 0.29) is 11.5 Å². The zero-order valence-electron chi connectivity index (χ0n) is 9.46. The molecule has 0 aliphatic rings. The number of hydrogen-bond donors (Lipinski definition) is 1. The summed E-state index contributed by atoms with van der Waals surface area (Å²) in [5, 5.41) is 10.5. The molecule has 0 aromatic carbocycles. The van der Waals surface area contributed by atoms with Gasteiger partial charge in [0.2, 0.25) is 0 Å². The molecule has 0 unspecified atom stereocenters. The minimum atomic E-state index is -2.86. The van der Waals surface area contributed by atoms with Crippen molar-refractivity contribution in [3.63, 3.8) is 0 Å². The van der Waals surface area contributed by atoms with Crippen LogP contribution in [0.3, 0.4) is 0 Å². The summed E-state index contributed by atoms with van der Waals surface area (Å²) in [7, 11) is -2.86. The van der Waals surface area contributed by atoms with Crippen LogP contribution in [0.15, 0.2) is 12.4 Å². The molecule has 16 heavy (non-hydrogen) atoms. The van der Waals surface area contributed by atoms with Gasteiger partial charge in [-0.15, -0.1) is 5.10 Å². The molecule has 1 N–H and O–H groups in total. The van der Waals surface area contributed by atoms with Crippen LogP contribution in [0.25, 0.3) is 0 Å². The van der Waals surface area contributed by atoms with Gasteiger partial charge in [0, 0.05) is 25.0 Å². The number of aromatic nitrogens is 3. The lowest BCUT2D eigenvalue weighted by molar-refractivity contribution is 0.545. The van der Waals surface area contributed by atoms with Gasteiger partial charge in [-0.2, -0.15) is 0 Å². The van der Waals surface area contributed by atoms with E-state index in [9.17, 15) is 8.42 Å². The minimum Gasteiger partial charge on any atom is -0.314 e. The van der Waals surface area contributed by atoms with Crippen molar-refractivity contribution in [3.8, 4) is 0 Å². The van der Waals surface area contributed by atoms with Gasteiger partial charge in [0.1, 0.15) is 0 Å². The largest absolute Gasteiger partial charge is 0.314 e. The van der Waals surface area contributed by atoms with E-state index in [1.165, 1.54) is 0 Å². The Morgan fingerprint density at radius 2 is 2.12 bits per heavy atom. The second-order valence-corrected chi connectivity index (χ2v) is 5.87. The maximum Gasteiger partial charge on any atom is 0.151 e. The lowest BCUT2D eigenvalue weighted by Crippen LogP contribution is -2.27. The summed E-state index contributed by atoms with van der Waals surface area (Å²) in [6.45, 7) is 3.77. The van der Waals surface area contributed by atoms with Gasteiger partial charge in [-0.05, 0) is 6.42 Å². The molecule has 0 fully saturated rings. The molecule has 0 aliphatic carbocycles. The molecule has 0 radical (unpaired) electrons. The summed E-state index contributed by atoms with van der Waals surface area (Å²) >= 11 is 0. The summed E-state index contributed by atoms with van der Waals surface area (Å²) < 4.78 is 24.4. The van der Waals surface area contributed by atoms with E-state index >= 15 is 0 Å². The van der Waals surface area contributed by atoms with Gasteiger partial charge in [0.05, 0.1) is 18.5 Å². The smallest absolute Gasteiger partial charge is 0.151 e. The Hall–Kier alpha value is -0.950. The highest BCUT2D eigenvalue weighted by Crippen LogP contribution is 1.91. The van der Waals surface area contributed by atoms with Crippen molar-refractivity contribution in [1.82, 2.24) is 20.3 Å². The van der Waals surface area contributed by atoms with Crippen LogP contribution in [-0.2, 0) is 16.4 Å². The Balaban J connectivity index is 2.08. The third-order valence-electron chi connectivity index (χ3n) is 2.09. The zero-order chi connectivity index (χ0) is 11.9. The Labute approximate surface area is 96.0 Å². The van der Waals surface area contributed by atoms with Gasteiger partial charge in [0.15, 0.2) is 9.84 Å². The maximum absolute atomic E-state index is 11.4. The van der Waals surface area contributed by atoms with Crippen molar-refractivity contribution < 1.29 is 8.42 Å². The third-order valence-corrected chi connectivity index (χ3v) is 3.95. The number of nitrogens with zero attached hydrogens (tertiary/aromatic N) is 3. The normalized spacial score (nSPS) is 11.8. The SMILES string of the molecule is CCCS(=O)(=O)CCNCCn1ccnn1. The Morgan fingerprint density at radius 1 is 1.31 bits per heavy atom. The van der Waals surface area contributed by atoms with E-state index in [1.807, 2.05) is 6.92 Å². The molecule has 1 heterocycles. The van der Waals surface area contributed by atoms with Crippen molar-refractivity contribution in [2.24, 2.45) is 0 Å². The fourth-order valence-electron chi connectivity index (χ4n) is 1.31. The first-order valence-corrected chi connectivity index (χ1v) is 7.21. The number of nitrogens with one attached hydrogen (secondary N) is 1. The van der Waals surface area contributed by atoms with E-state index in [1.54, 1.807) is 17.1 Å². The highest BCUT2D eigenvalue weighted by Gasteiger charge is 2.07. The molecule has 6 nitrogen and oxygen atoms in total. The first kappa shape index (κ1) is 13.1. The highest BCUT2D eigenvalue weighted by atomic mass is 32.2. The molecule has 0 saturated heterocycles. The van der Waals surface area contributed by atoms with Crippen LogP contribution in [0, 0.1) is 0 Å². The predicted molar refractivity (Wildman–Crippen MR) is 61.8 cm³/mol. The molecule has 0 atom stereocenters. The molecule has 0 amide bonds. The molecular weight excluding hydrogens is 228 g/mol. The van der Waals surface area contributed by atoms with Gasteiger partial charge in [-0.1, -0.05) is 12.1 Å². The van der Waals surface area contributed by atoms with Crippen molar-refractivity contribution in [2.45, 2.75) is 19.9 Å². The molecule has 0 saturated carbocycles. The molecule has 1 rings (SSSR count). The molecule has 1 aromatic rings. The fraction of sp³-hybridized carbons (Fsp3) is 0.778. The predicted octanol–water partition coefficient (Wildman–Crippen LogP) is -0.307. The van der Waals surface area contributed by atoms with Crippen molar-refractivity contribution in [3.05, 3.63) is 12.4 Å². The zero-order valence-corrected chi connectivity index (χ0v) is 10.3. The first-order chi connectivity index (χ1) is 7.64. The molecule has 0 spiro atoms. The first-order valence-electron chi connectivity index (χ1n) is 5.39. The van der Waals surface area contributed by atoms with E-state index < -0.39 is 9.84 Å². The molecular formula is C9H18N4O2S. The van der Waals surface area contributed by atoms with Crippen molar-refractivity contribution in [1.29, 1.82) is 0 Å². The molecule has 0 aliphatic heterocycles. The number of hydrogen-bond acceptors (Lipinski definition) is 5. The van der Waals surface area contributed by atoms with Gasteiger partial charge >= 0.3 is 0 Å². The summed E-state index contributed by atoms with van der Waals surface area (Å²) in [6, 6.07) is 0. The summed E-state index contributed by atoms with van der Waals surface area (Å²) in [4.78, 5) is 0. The Bertz CT molecular complexity index is 374. The van der Waals surface area contributed by atoms with Crippen LogP contribution >= 0.6 is 0 Å². The Kier molecular flexibility index (Phi) is 5.41. The standard InChI is InChI=1S/C9H18N4O2S/c1-2-8-16(14,15)9-5-10-3-6-13-7-4-11-12-13/h4,7,10H,2-3,5-6,8-9H2,1H3. The summed E-state index contributed by atoms with van der Waals surface area (Å²) in [6.07, 6.45) is 4.07. The second kappa shape index (κ2) is 6.59. The monoisotopic (exact) mass is 246 g/mol. The van der Waals surface area contributed by atoms with Gasteiger partial charge in [-0.25, -0.2) is 8.42 Å². The van der Waals surface area contributed by atoms with Gasteiger partial charge < -0.3 is 5.32 Å². The summed E-state index contributed by atoms with van der Waals surface area (Å²) in [5.74, 6) is 0.482. The maximum atomic E-state index is 11.4. The highest BCUT2D eigenvalue weighted by molar-refractivity contribution is 7.91. The molecule has 0 bridgehead atoms. The lowest BCUT2D eigenvalue weighted by Gasteiger charge is -2.05. The van der Waals surface area contributed by atoms with Gasteiger partial charge in [-0.3, -0.25) is 4.68 Å². The van der Waals surface area contributed by atoms with Crippen LogP contribution < -0.4 is 5.32 Å². The quantitative estimate of drug-likeness (QED) is 0.637. The van der Waals surface area contributed by atoms with Crippen molar-refractivity contribution >= 4 is 9.84 Å². The Morgan fingerprint density at radius 3 is 2.75 bits per heavy atom. The number of sulfone groups is 1. The fourth-order valence-corrected chi connectivity index (χ4v) is 2.59. The second-order valence-electron chi connectivity index (χ2n) is 3.57. The lowest BCUT2D eigenvalue weighted by atomic mass is 10.6. The molecule has 1 aromatic heterocycles. The van der Waals surface area contributed by atoms with Crippen LogP contribution in [0.5, 0.6) is 0 Å². The third kappa shape index (κ3) is 5.22. The van der Waals surface area contributed by atoms with E-state index in [0.717, 1.165) is 0 Å². The van der Waals surface area contributed by atoms with Crippen molar-refractivity contribution in [2.75, 3.05) is 24.6 Å². The molecule has 7 heteroatoms. The van der Waals surface area contributed by atoms with E-state index in [2.05, 4.69) is 15.6 Å². The average molecular weight is 246 g/mol. The molecule has 92 valence electrons. The van der Waals surface area contributed by atoms with Crippen LogP contribution in [0.2, 0.25) is 0 Å². The van der Waals surface area contributed by atoms with Crippen LogP contribution in [0.4, 0.5) is 0 Å². The van der Waals surface area contributed by atoms with Gasteiger partial charge in [0.25, 0.3) is 0 Å². The minimum absolute atomic E-state index is 0.207. The average Bonchev–Trinajstić information content (AvgIpc) is 2.69. The van der Waals surface area contributed by atoms with E-state index in [4.69, 9.17) is 0 Å². The van der Waals surface area contributed by atoms with E-state index in [0.29, 0.717) is 26.1 Å².